The third-order valence-electron chi connectivity index (χ3n) is 2.97. The average Bonchev–Trinajstić information content (AvgIpc) is 2.16. The van der Waals surface area contributed by atoms with Crippen LogP contribution in [0.4, 0.5) is 0 Å². The maximum Gasteiger partial charge on any atom is 0.0601 e. The molecule has 0 rings (SSSR count). The summed E-state index contributed by atoms with van der Waals surface area (Å²) in [6.45, 7) is 13.2. The summed E-state index contributed by atoms with van der Waals surface area (Å²) in [7, 11) is 0. The van der Waals surface area contributed by atoms with Gasteiger partial charge in [-0.25, -0.2) is 0 Å². The molecule has 0 heterocycles. The first-order valence-electron chi connectivity index (χ1n) is 7.02. The lowest BCUT2D eigenvalue weighted by Gasteiger charge is -2.36. The van der Waals surface area contributed by atoms with E-state index in [0.29, 0.717) is 11.8 Å². The first kappa shape index (κ1) is 16.9. The van der Waals surface area contributed by atoms with E-state index in [1.54, 1.807) is 0 Å². The van der Waals surface area contributed by atoms with E-state index in [1.165, 1.54) is 0 Å². The van der Waals surface area contributed by atoms with Crippen LogP contribution in [-0.4, -0.2) is 41.8 Å². The minimum atomic E-state index is 0.0856. The van der Waals surface area contributed by atoms with Crippen LogP contribution >= 0.6 is 0 Å². The van der Waals surface area contributed by atoms with Gasteiger partial charge < -0.3 is 10.8 Å². The lowest BCUT2D eigenvalue weighted by Crippen LogP contribution is -2.52. The molecule has 3 heteroatoms. The van der Waals surface area contributed by atoms with Gasteiger partial charge in [-0.3, -0.25) is 4.90 Å². The molecule has 0 fully saturated rings. The van der Waals surface area contributed by atoms with E-state index in [1.807, 2.05) is 0 Å². The second-order valence-electron chi connectivity index (χ2n) is 5.94. The van der Waals surface area contributed by atoms with Crippen molar-refractivity contribution in [1.29, 1.82) is 0 Å². The Morgan fingerprint density at radius 1 is 1.06 bits per heavy atom. The van der Waals surface area contributed by atoms with Crippen LogP contribution in [0.3, 0.4) is 0 Å². The smallest absolute Gasteiger partial charge is 0.0601 e. The molecule has 0 spiro atoms. The van der Waals surface area contributed by atoms with Crippen LogP contribution in [0.15, 0.2) is 0 Å². The van der Waals surface area contributed by atoms with Crippen LogP contribution in [0.2, 0.25) is 0 Å². The zero-order valence-electron chi connectivity index (χ0n) is 12.3. The number of hydrogen-bond donors (Lipinski definition) is 2. The fourth-order valence-corrected chi connectivity index (χ4v) is 2.33. The number of aliphatic hydroxyl groups is 1. The van der Waals surface area contributed by atoms with Gasteiger partial charge in [-0.15, -0.1) is 0 Å². The predicted molar refractivity (Wildman–Crippen MR) is 75.0 cm³/mol. The lowest BCUT2D eigenvalue weighted by atomic mass is 10.0. The predicted octanol–water partition coefficient (Wildman–Crippen LogP) is 2.09. The van der Waals surface area contributed by atoms with Gasteiger partial charge in [-0.05, 0) is 18.3 Å². The molecule has 0 saturated carbocycles. The summed E-state index contributed by atoms with van der Waals surface area (Å²) in [4.78, 5) is 2.37. The number of nitrogens with zero attached hydrogens (tertiary/aromatic N) is 1. The minimum absolute atomic E-state index is 0.0856. The molecular weight excluding hydrogens is 212 g/mol. The average molecular weight is 244 g/mol. The third kappa shape index (κ3) is 7.02. The Hall–Kier alpha value is -0.120. The van der Waals surface area contributed by atoms with Crippen molar-refractivity contribution < 1.29 is 5.11 Å². The lowest BCUT2D eigenvalue weighted by molar-refractivity contribution is 0.0810. The molecule has 3 N–H and O–H groups in total. The first-order valence-corrected chi connectivity index (χ1v) is 7.02. The van der Waals surface area contributed by atoms with Crippen molar-refractivity contribution in [3.8, 4) is 0 Å². The summed E-state index contributed by atoms with van der Waals surface area (Å²) in [6.07, 6.45) is 2.06. The molecule has 2 atom stereocenters. The van der Waals surface area contributed by atoms with E-state index in [9.17, 15) is 5.11 Å². The summed E-state index contributed by atoms with van der Waals surface area (Å²) >= 11 is 0. The molecule has 0 saturated heterocycles. The van der Waals surface area contributed by atoms with E-state index in [4.69, 9.17) is 5.73 Å². The van der Waals surface area contributed by atoms with Crippen LogP contribution in [0.5, 0.6) is 0 Å². The van der Waals surface area contributed by atoms with Gasteiger partial charge in [0, 0.05) is 25.2 Å². The van der Waals surface area contributed by atoms with Crippen LogP contribution in [0.25, 0.3) is 0 Å². The highest BCUT2D eigenvalue weighted by Gasteiger charge is 2.24. The Morgan fingerprint density at radius 2 is 1.53 bits per heavy atom. The summed E-state index contributed by atoms with van der Waals surface area (Å²) in [5.41, 5.74) is 6.19. The molecule has 2 unspecified atom stereocenters. The van der Waals surface area contributed by atoms with Gasteiger partial charge in [-0.2, -0.15) is 0 Å². The van der Waals surface area contributed by atoms with Crippen molar-refractivity contribution in [3.05, 3.63) is 0 Å². The van der Waals surface area contributed by atoms with Crippen LogP contribution in [0, 0.1) is 11.8 Å². The Labute approximate surface area is 107 Å². The van der Waals surface area contributed by atoms with E-state index < -0.39 is 0 Å². The van der Waals surface area contributed by atoms with Crippen LogP contribution in [0.1, 0.15) is 47.5 Å². The van der Waals surface area contributed by atoms with Gasteiger partial charge in [-0.1, -0.05) is 41.0 Å². The molecule has 0 aliphatic rings. The Kier molecular flexibility index (Phi) is 8.83. The van der Waals surface area contributed by atoms with Gasteiger partial charge >= 0.3 is 0 Å². The largest absolute Gasteiger partial charge is 0.395 e. The SMILES string of the molecule is CCCC(N)C(CO)N(CC(C)C)CC(C)C. The molecule has 0 radical (unpaired) electrons. The van der Waals surface area contributed by atoms with Gasteiger partial charge in [0.15, 0.2) is 0 Å². The van der Waals surface area contributed by atoms with Crippen molar-refractivity contribution in [2.75, 3.05) is 19.7 Å². The number of nitrogens with two attached hydrogens (primary N) is 1. The molecule has 3 nitrogen and oxygen atoms in total. The zero-order chi connectivity index (χ0) is 13.4. The Balaban J connectivity index is 4.58. The summed E-state index contributed by atoms with van der Waals surface area (Å²) < 4.78 is 0. The van der Waals surface area contributed by atoms with E-state index in [0.717, 1.165) is 25.9 Å². The molecular formula is C14H32N2O. The van der Waals surface area contributed by atoms with Crippen molar-refractivity contribution >= 4 is 0 Å². The quantitative estimate of drug-likeness (QED) is 0.653. The van der Waals surface area contributed by atoms with Gasteiger partial charge in [0.1, 0.15) is 0 Å². The monoisotopic (exact) mass is 244 g/mol. The maximum atomic E-state index is 9.60. The molecule has 0 bridgehead atoms. The van der Waals surface area contributed by atoms with Crippen molar-refractivity contribution in [3.63, 3.8) is 0 Å². The molecule has 104 valence electrons. The summed E-state index contributed by atoms with van der Waals surface area (Å²) in [5, 5.41) is 9.60. The highest BCUT2D eigenvalue weighted by Crippen LogP contribution is 2.13. The van der Waals surface area contributed by atoms with Crippen molar-refractivity contribution in [2.24, 2.45) is 17.6 Å². The van der Waals surface area contributed by atoms with E-state index in [-0.39, 0.29) is 18.7 Å². The molecule has 0 amide bonds. The maximum absolute atomic E-state index is 9.60. The molecule has 0 aromatic heterocycles. The molecule has 0 aliphatic carbocycles. The molecule has 0 aliphatic heterocycles. The minimum Gasteiger partial charge on any atom is -0.395 e. The third-order valence-corrected chi connectivity index (χ3v) is 2.97. The Morgan fingerprint density at radius 3 is 1.82 bits per heavy atom. The second kappa shape index (κ2) is 8.90. The normalized spacial score (nSPS) is 15.9. The molecule has 0 aromatic carbocycles. The highest BCUT2D eigenvalue weighted by molar-refractivity contribution is 4.82. The fourth-order valence-electron chi connectivity index (χ4n) is 2.33. The van der Waals surface area contributed by atoms with Crippen molar-refractivity contribution in [2.45, 2.75) is 59.5 Å². The topological polar surface area (TPSA) is 49.5 Å². The standard InChI is InChI=1S/C14H32N2O/c1-6-7-13(15)14(10-17)16(8-11(2)3)9-12(4)5/h11-14,17H,6-10,15H2,1-5H3. The van der Waals surface area contributed by atoms with Crippen molar-refractivity contribution in [1.82, 2.24) is 4.90 Å². The highest BCUT2D eigenvalue weighted by atomic mass is 16.3. The van der Waals surface area contributed by atoms with E-state index in [2.05, 4.69) is 39.5 Å². The van der Waals surface area contributed by atoms with E-state index >= 15 is 0 Å². The number of aliphatic hydroxyl groups excluding tert-OH is 1. The Bertz CT molecular complexity index is 173. The second-order valence-corrected chi connectivity index (χ2v) is 5.94. The zero-order valence-corrected chi connectivity index (χ0v) is 12.3. The summed E-state index contributed by atoms with van der Waals surface area (Å²) in [5.74, 6) is 1.22. The number of rotatable bonds is 9. The first-order chi connectivity index (χ1) is 7.92. The summed E-state index contributed by atoms with van der Waals surface area (Å²) in [6, 6.07) is 0.197. The van der Waals surface area contributed by atoms with Crippen LogP contribution < -0.4 is 5.73 Å². The fraction of sp³-hybridized carbons (Fsp3) is 1.00. The van der Waals surface area contributed by atoms with Gasteiger partial charge in [0.25, 0.3) is 0 Å². The van der Waals surface area contributed by atoms with Gasteiger partial charge in [0.05, 0.1) is 6.61 Å². The number of hydrogen-bond acceptors (Lipinski definition) is 3. The van der Waals surface area contributed by atoms with Gasteiger partial charge in [0.2, 0.25) is 0 Å². The van der Waals surface area contributed by atoms with Crippen LogP contribution in [-0.2, 0) is 0 Å². The molecule has 0 aromatic rings. The molecule has 17 heavy (non-hydrogen) atoms.